The zero-order valence-electron chi connectivity index (χ0n) is 15.6. The molecule has 4 heteroatoms. The third-order valence-corrected chi connectivity index (χ3v) is 5.38. The predicted octanol–water partition coefficient (Wildman–Crippen LogP) is 4.73. The van der Waals surface area contributed by atoms with Gasteiger partial charge in [-0.3, -0.25) is 0 Å². The summed E-state index contributed by atoms with van der Waals surface area (Å²) in [7, 11) is 0. The summed E-state index contributed by atoms with van der Waals surface area (Å²) < 4.78 is 12.3. The number of benzene rings is 2. The molecule has 0 N–H and O–H groups in total. The van der Waals surface area contributed by atoms with Gasteiger partial charge in [-0.15, -0.1) is 0 Å². The van der Waals surface area contributed by atoms with Crippen LogP contribution in [0.3, 0.4) is 0 Å². The minimum atomic E-state index is -0.127. The minimum absolute atomic E-state index is 0.0419. The van der Waals surface area contributed by atoms with Gasteiger partial charge in [-0.1, -0.05) is 72.2 Å². The summed E-state index contributed by atoms with van der Waals surface area (Å²) in [6, 6.07) is 20.5. The van der Waals surface area contributed by atoms with Crippen LogP contribution in [0, 0.1) is 5.92 Å². The molecule has 0 aromatic heterocycles. The second kappa shape index (κ2) is 9.16. The van der Waals surface area contributed by atoms with Crippen LogP contribution in [0.5, 0.6) is 0 Å². The second-order valence-corrected chi connectivity index (χ2v) is 7.34. The Morgan fingerprint density at radius 1 is 0.926 bits per heavy atom. The van der Waals surface area contributed by atoms with E-state index in [1.54, 1.807) is 0 Å². The summed E-state index contributed by atoms with van der Waals surface area (Å²) in [5.74, 6) is 0.375. The van der Waals surface area contributed by atoms with Crippen LogP contribution in [-0.2, 0) is 27.5 Å². The fraction of sp³-hybridized carbons (Fsp3) is 0.435. The fourth-order valence-corrected chi connectivity index (χ4v) is 3.90. The molecule has 1 fully saturated rings. The van der Waals surface area contributed by atoms with E-state index in [1.165, 1.54) is 24.1 Å². The molecule has 0 bridgehead atoms. The first-order valence-electron chi connectivity index (χ1n) is 9.90. The number of ether oxygens (including phenoxy) is 2. The normalized spacial score (nSPS) is 22.6. The van der Waals surface area contributed by atoms with E-state index in [1.807, 2.05) is 36.4 Å². The number of hydrogen-bond acceptors (Lipinski definition) is 4. The molecule has 4 rings (SSSR count). The van der Waals surface area contributed by atoms with Crippen molar-refractivity contribution in [2.75, 3.05) is 6.61 Å². The highest BCUT2D eigenvalue weighted by Crippen LogP contribution is 2.34. The average molecular weight is 365 g/mol. The Morgan fingerprint density at radius 2 is 1.63 bits per heavy atom. The monoisotopic (exact) mass is 365 g/mol. The van der Waals surface area contributed by atoms with Crippen molar-refractivity contribution < 1.29 is 14.3 Å². The quantitative estimate of drug-likeness (QED) is 0.679. The summed E-state index contributed by atoms with van der Waals surface area (Å²) in [5, 5.41) is 4.36. The Hall–Kier alpha value is -2.17. The topological polar surface area (TPSA) is 40.0 Å². The Labute approximate surface area is 161 Å². The molecule has 0 saturated heterocycles. The zero-order chi connectivity index (χ0) is 18.3. The van der Waals surface area contributed by atoms with E-state index in [0.29, 0.717) is 25.7 Å². The molecule has 0 radical (unpaired) electrons. The molecule has 27 heavy (non-hydrogen) atoms. The van der Waals surface area contributed by atoms with Crippen LogP contribution in [0.4, 0.5) is 0 Å². The molecule has 2 aromatic rings. The number of hydrogen-bond donors (Lipinski definition) is 0. The van der Waals surface area contributed by atoms with Crippen molar-refractivity contribution in [3.8, 4) is 0 Å². The van der Waals surface area contributed by atoms with Gasteiger partial charge < -0.3 is 14.3 Å². The molecule has 1 aliphatic heterocycles. The maximum Gasteiger partial charge on any atom is 0.163 e. The molecule has 1 heterocycles. The van der Waals surface area contributed by atoms with Crippen molar-refractivity contribution in [1.29, 1.82) is 0 Å². The van der Waals surface area contributed by atoms with E-state index in [9.17, 15) is 0 Å². The molecule has 0 unspecified atom stereocenters. The van der Waals surface area contributed by atoms with E-state index in [2.05, 4.69) is 29.4 Å². The Morgan fingerprint density at radius 3 is 2.37 bits per heavy atom. The van der Waals surface area contributed by atoms with Crippen molar-refractivity contribution in [2.45, 2.75) is 51.1 Å². The molecule has 0 spiro atoms. The van der Waals surface area contributed by atoms with Crippen molar-refractivity contribution >= 4 is 5.71 Å². The van der Waals surface area contributed by atoms with Gasteiger partial charge in [0.2, 0.25) is 0 Å². The summed E-state index contributed by atoms with van der Waals surface area (Å²) >= 11 is 0. The summed E-state index contributed by atoms with van der Waals surface area (Å²) in [4.78, 5) is 5.84. The van der Waals surface area contributed by atoms with E-state index < -0.39 is 0 Å². The van der Waals surface area contributed by atoms with Crippen LogP contribution in [0.2, 0.25) is 0 Å². The molecule has 2 aromatic carbocycles. The lowest BCUT2D eigenvalue weighted by Gasteiger charge is -2.29. The smallest absolute Gasteiger partial charge is 0.163 e. The maximum absolute atomic E-state index is 6.28. The Kier molecular flexibility index (Phi) is 6.17. The first-order valence-corrected chi connectivity index (χ1v) is 9.90. The van der Waals surface area contributed by atoms with Crippen molar-refractivity contribution in [3.63, 3.8) is 0 Å². The van der Waals surface area contributed by atoms with E-state index in [-0.39, 0.29) is 12.2 Å². The summed E-state index contributed by atoms with van der Waals surface area (Å²) in [6.07, 6.45) is 4.47. The molecule has 1 saturated carbocycles. The van der Waals surface area contributed by atoms with Gasteiger partial charge in [-0.05, 0) is 30.4 Å². The molecule has 3 atom stereocenters. The zero-order valence-corrected chi connectivity index (χ0v) is 15.6. The van der Waals surface area contributed by atoms with Gasteiger partial charge in [0.15, 0.2) is 6.10 Å². The number of fused-ring (bicyclic) bond motifs is 1. The number of nitrogens with zero attached hydrogens (tertiary/aromatic N) is 1. The largest absolute Gasteiger partial charge is 0.389 e. The first-order chi connectivity index (χ1) is 13.4. The van der Waals surface area contributed by atoms with Crippen LogP contribution in [0.25, 0.3) is 0 Å². The fourth-order valence-electron chi connectivity index (χ4n) is 3.90. The minimum Gasteiger partial charge on any atom is -0.389 e. The third-order valence-electron chi connectivity index (χ3n) is 5.38. The summed E-state index contributed by atoms with van der Waals surface area (Å²) in [5.41, 5.74) is 3.54. The van der Waals surface area contributed by atoms with Crippen LogP contribution in [0.15, 0.2) is 65.8 Å². The summed E-state index contributed by atoms with van der Waals surface area (Å²) in [6.45, 7) is 1.64. The van der Waals surface area contributed by atoms with Crippen molar-refractivity contribution in [1.82, 2.24) is 0 Å². The molecular weight excluding hydrogens is 338 g/mol. The molecule has 0 amide bonds. The highest BCUT2D eigenvalue weighted by Gasteiger charge is 2.41. The highest BCUT2D eigenvalue weighted by atomic mass is 16.7. The highest BCUT2D eigenvalue weighted by molar-refractivity contribution is 5.88. The average Bonchev–Trinajstić information content (AvgIpc) is 3.16. The number of rotatable bonds is 8. The SMILES string of the molecule is c1ccc(COC[C@@H](OCc2ccccc2)[C@H]2ON=C3CCCC[C@H]32)cc1. The second-order valence-electron chi connectivity index (χ2n) is 7.34. The Balaban J connectivity index is 1.38. The van der Waals surface area contributed by atoms with Gasteiger partial charge in [-0.25, -0.2) is 0 Å². The van der Waals surface area contributed by atoms with Gasteiger partial charge >= 0.3 is 0 Å². The lowest BCUT2D eigenvalue weighted by Crippen LogP contribution is -2.40. The van der Waals surface area contributed by atoms with Crippen molar-refractivity contribution in [3.05, 3.63) is 71.8 Å². The predicted molar refractivity (Wildman–Crippen MR) is 105 cm³/mol. The van der Waals surface area contributed by atoms with E-state index in [0.717, 1.165) is 18.4 Å². The maximum atomic E-state index is 6.28. The van der Waals surface area contributed by atoms with Gasteiger partial charge in [0, 0.05) is 5.92 Å². The van der Waals surface area contributed by atoms with Crippen LogP contribution < -0.4 is 0 Å². The van der Waals surface area contributed by atoms with Crippen molar-refractivity contribution in [2.24, 2.45) is 11.1 Å². The van der Waals surface area contributed by atoms with Crippen LogP contribution >= 0.6 is 0 Å². The molecule has 2 aliphatic rings. The Bertz CT molecular complexity index is 732. The van der Waals surface area contributed by atoms with Gasteiger partial charge in [0.25, 0.3) is 0 Å². The van der Waals surface area contributed by atoms with E-state index in [4.69, 9.17) is 14.3 Å². The molecule has 1 aliphatic carbocycles. The van der Waals surface area contributed by atoms with Crippen LogP contribution in [0.1, 0.15) is 36.8 Å². The van der Waals surface area contributed by atoms with Gasteiger partial charge in [-0.2, -0.15) is 0 Å². The van der Waals surface area contributed by atoms with Gasteiger partial charge in [0.1, 0.15) is 6.10 Å². The first kappa shape index (κ1) is 18.2. The number of oxime groups is 1. The lowest BCUT2D eigenvalue weighted by atomic mass is 9.82. The molecule has 4 nitrogen and oxygen atoms in total. The lowest BCUT2D eigenvalue weighted by molar-refractivity contribution is -0.114. The third kappa shape index (κ3) is 4.76. The van der Waals surface area contributed by atoms with Crippen LogP contribution in [-0.4, -0.2) is 24.5 Å². The molecule has 142 valence electrons. The van der Waals surface area contributed by atoms with Gasteiger partial charge in [0.05, 0.1) is 25.5 Å². The standard InChI is InChI=1S/C23H27NO3/c1-3-9-18(10-4-1)15-25-17-22(26-16-19-11-5-2-6-12-19)23-20-13-7-8-14-21(20)24-27-23/h1-6,9-12,20,22-23H,7-8,13-17H2/t20-,22-,23+/m1/s1. The molecular formula is C23H27NO3. The van der Waals surface area contributed by atoms with E-state index >= 15 is 0 Å².